The lowest BCUT2D eigenvalue weighted by molar-refractivity contribution is -0.123. The SMILES string of the molecule is CSCCC(NC(N)=O)C(=O)NCC(C)(C)c1cccc(Cl)c1. The predicted molar refractivity (Wildman–Crippen MR) is 97.0 cm³/mol. The first kappa shape index (κ1) is 19.6. The normalized spacial score (nSPS) is 12.5. The van der Waals surface area contributed by atoms with E-state index >= 15 is 0 Å². The molecule has 0 saturated carbocycles. The molecule has 5 nitrogen and oxygen atoms in total. The highest BCUT2D eigenvalue weighted by Crippen LogP contribution is 2.24. The van der Waals surface area contributed by atoms with Crippen molar-refractivity contribution in [2.24, 2.45) is 5.73 Å². The van der Waals surface area contributed by atoms with Gasteiger partial charge in [-0.05, 0) is 36.1 Å². The lowest BCUT2D eigenvalue weighted by Gasteiger charge is -2.27. The van der Waals surface area contributed by atoms with Crippen LogP contribution >= 0.6 is 23.4 Å². The Labute approximate surface area is 146 Å². The standard InChI is InChI=1S/C16H24ClN3O2S/c1-16(2,11-5-4-6-12(17)9-11)10-19-14(21)13(7-8-23-3)20-15(18)22/h4-6,9,13H,7-8,10H2,1-3H3,(H,19,21)(H3,18,20,22). The average Bonchev–Trinajstić information content (AvgIpc) is 2.48. The predicted octanol–water partition coefficient (Wildman–Crippen LogP) is 2.52. The molecule has 1 aromatic rings. The fourth-order valence-electron chi connectivity index (χ4n) is 2.12. The van der Waals surface area contributed by atoms with Gasteiger partial charge in [-0.25, -0.2) is 4.79 Å². The van der Waals surface area contributed by atoms with Crippen molar-refractivity contribution in [3.63, 3.8) is 0 Å². The van der Waals surface area contributed by atoms with E-state index in [1.165, 1.54) is 0 Å². The largest absolute Gasteiger partial charge is 0.353 e. The Kier molecular flexibility index (Phi) is 7.72. The van der Waals surface area contributed by atoms with Crippen LogP contribution in [0, 0.1) is 0 Å². The highest BCUT2D eigenvalue weighted by molar-refractivity contribution is 7.98. The first-order chi connectivity index (χ1) is 10.8. The van der Waals surface area contributed by atoms with Gasteiger partial charge in [0.15, 0.2) is 0 Å². The molecule has 0 aliphatic heterocycles. The molecular formula is C16H24ClN3O2S. The van der Waals surface area contributed by atoms with E-state index in [2.05, 4.69) is 10.6 Å². The molecule has 0 heterocycles. The second kappa shape index (κ2) is 9.03. The second-order valence-corrected chi connectivity index (χ2v) is 7.38. The van der Waals surface area contributed by atoms with Crippen molar-refractivity contribution in [1.82, 2.24) is 10.6 Å². The van der Waals surface area contributed by atoms with E-state index in [0.29, 0.717) is 18.0 Å². The molecule has 4 N–H and O–H groups in total. The van der Waals surface area contributed by atoms with Crippen LogP contribution in [0.1, 0.15) is 25.8 Å². The molecule has 7 heteroatoms. The summed E-state index contributed by atoms with van der Waals surface area (Å²) in [6.45, 7) is 4.48. The van der Waals surface area contributed by atoms with E-state index in [1.54, 1.807) is 11.8 Å². The van der Waals surface area contributed by atoms with E-state index in [0.717, 1.165) is 11.3 Å². The average molecular weight is 358 g/mol. The first-order valence-corrected chi connectivity index (χ1v) is 9.12. The number of rotatable bonds is 8. The zero-order chi connectivity index (χ0) is 17.5. The van der Waals surface area contributed by atoms with Crippen LogP contribution in [-0.2, 0) is 10.2 Å². The number of hydrogen-bond donors (Lipinski definition) is 3. The van der Waals surface area contributed by atoms with Crippen LogP contribution < -0.4 is 16.4 Å². The molecule has 1 rings (SSSR count). The van der Waals surface area contributed by atoms with Gasteiger partial charge in [-0.3, -0.25) is 4.79 Å². The molecule has 0 saturated heterocycles. The fraction of sp³-hybridized carbons (Fsp3) is 0.500. The third-order valence-corrected chi connectivity index (χ3v) is 4.43. The van der Waals surface area contributed by atoms with Gasteiger partial charge >= 0.3 is 6.03 Å². The number of thioether (sulfide) groups is 1. The number of primary amides is 1. The van der Waals surface area contributed by atoms with Gasteiger partial charge in [0.1, 0.15) is 6.04 Å². The number of nitrogens with two attached hydrogens (primary N) is 1. The van der Waals surface area contributed by atoms with Gasteiger partial charge in [0.25, 0.3) is 0 Å². The molecule has 0 bridgehead atoms. The minimum absolute atomic E-state index is 0.229. The lowest BCUT2D eigenvalue weighted by atomic mass is 9.84. The Morgan fingerprint density at radius 3 is 2.65 bits per heavy atom. The lowest BCUT2D eigenvalue weighted by Crippen LogP contribution is -2.50. The molecule has 128 valence electrons. The van der Waals surface area contributed by atoms with E-state index in [-0.39, 0.29) is 11.3 Å². The summed E-state index contributed by atoms with van der Waals surface area (Å²) in [4.78, 5) is 23.4. The maximum Gasteiger partial charge on any atom is 0.312 e. The number of carbonyl (C=O) groups is 2. The molecule has 1 unspecified atom stereocenters. The molecule has 0 aromatic heterocycles. The Bertz CT molecular complexity index is 552. The van der Waals surface area contributed by atoms with Crippen LogP contribution in [0.5, 0.6) is 0 Å². The third-order valence-electron chi connectivity index (χ3n) is 3.55. The summed E-state index contributed by atoms with van der Waals surface area (Å²) in [5.41, 5.74) is 5.90. The van der Waals surface area contributed by atoms with Crippen LogP contribution in [0.2, 0.25) is 5.02 Å². The number of nitrogens with one attached hydrogen (secondary N) is 2. The van der Waals surface area contributed by atoms with Crippen molar-refractivity contribution in [2.75, 3.05) is 18.6 Å². The number of benzene rings is 1. The Balaban J connectivity index is 2.69. The van der Waals surface area contributed by atoms with E-state index in [4.69, 9.17) is 17.3 Å². The van der Waals surface area contributed by atoms with E-state index in [1.807, 2.05) is 44.4 Å². The summed E-state index contributed by atoms with van der Waals surface area (Å²) in [6.07, 6.45) is 2.48. The monoisotopic (exact) mass is 357 g/mol. The first-order valence-electron chi connectivity index (χ1n) is 7.35. The molecule has 1 aromatic carbocycles. The molecule has 0 fully saturated rings. The number of halogens is 1. The molecule has 0 radical (unpaired) electrons. The van der Waals surface area contributed by atoms with Gasteiger partial charge in [0.2, 0.25) is 5.91 Å². The Morgan fingerprint density at radius 2 is 2.09 bits per heavy atom. The number of hydrogen-bond acceptors (Lipinski definition) is 3. The summed E-state index contributed by atoms with van der Waals surface area (Å²) >= 11 is 7.64. The molecule has 1 atom stereocenters. The van der Waals surface area contributed by atoms with Gasteiger partial charge < -0.3 is 16.4 Å². The maximum atomic E-state index is 12.3. The molecule has 0 aliphatic carbocycles. The summed E-state index contributed by atoms with van der Waals surface area (Å²) < 4.78 is 0. The zero-order valence-electron chi connectivity index (χ0n) is 13.7. The van der Waals surface area contributed by atoms with Crippen molar-refractivity contribution in [1.29, 1.82) is 0 Å². The third kappa shape index (κ3) is 6.71. The van der Waals surface area contributed by atoms with Gasteiger partial charge in [-0.1, -0.05) is 37.6 Å². The second-order valence-electron chi connectivity index (χ2n) is 5.95. The van der Waals surface area contributed by atoms with Crippen molar-refractivity contribution in [3.05, 3.63) is 34.9 Å². The molecular weight excluding hydrogens is 334 g/mol. The van der Waals surface area contributed by atoms with Gasteiger partial charge in [-0.2, -0.15) is 11.8 Å². The summed E-state index contributed by atoms with van der Waals surface area (Å²) in [7, 11) is 0. The van der Waals surface area contributed by atoms with Crippen molar-refractivity contribution in [2.45, 2.75) is 31.7 Å². The van der Waals surface area contributed by atoms with Gasteiger partial charge in [-0.15, -0.1) is 0 Å². The molecule has 0 spiro atoms. The summed E-state index contributed by atoms with van der Waals surface area (Å²) in [6, 6.07) is 6.26. The Morgan fingerprint density at radius 1 is 1.39 bits per heavy atom. The highest BCUT2D eigenvalue weighted by atomic mass is 35.5. The van der Waals surface area contributed by atoms with Crippen LogP contribution in [0.25, 0.3) is 0 Å². The Hall–Kier alpha value is -1.40. The number of amides is 3. The maximum absolute atomic E-state index is 12.3. The molecule has 0 aliphatic rings. The van der Waals surface area contributed by atoms with Crippen molar-refractivity contribution in [3.8, 4) is 0 Å². The van der Waals surface area contributed by atoms with Crippen LogP contribution in [-0.4, -0.2) is 36.5 Å². The summed E-state index contributed by atoms with van der Waals surface area (Å²) in [5.74, 6) is 0.531. The fourth-order valence-corrected chi connectivity index (χ4v) is 2.78. The van der Waals surface area contributed by atoms with Crippen molar-refractivity contribution >= 4 is 35.3 Å². The molecule has 3 amide bonds. The van der Waals surface area contributed by atoms with Crippen LogP contribution in [0.4, 0.5) is 4.79 Å². The van der Waals surface area contributed by atoms with Gasteiger partial charge in [0.05, 0.1) is 0 Å². The number of urea groups is 1. The van der Waals surface area contributed by atoms with Crippen LogP contribution in [0.3, 0.4) is 0 Å². The minimum Gasteiger partial charge on any atom is -0.353 e. The number of carbonyl (C=O) groups excluding carboxylic acids is 2. The van der Waals surface area contributed by atoms with Gasteiger partial charge in [0, 0.05) is 17.0 Å². The minimum atomic E-state index is -0.694. The topological polar surface area (TPSA) is 84.2 Å². The highest BCUT2D eigenvalue weighted by Gasteiger charge is 2.25. The smallest absolute Gasteiger partial charge is 0.312 e. The quantitative estimate of drug-likeness (QED) is 0.668. The van der Waals surface area contributed by atoms with E-state index < -0.39 is 12.1 Å². The molecule has 23 heavy (non-hydrogen) atoms. The summed E-state index contributed by atoms with van der Waals surface area (Å²) in [5, 5.41) is 6.05. The van der Waals surface area contributed by atoms with Crippen LogP contribution in [0.15, 0.2) is 24.3 Å². The van der Waals surface area contributed by atoms with E-state index in [9.17, 15) is 9.59 Å². The van der Waals surface area contributed by atoms with Crippen molar-refractivity contribution < 1.29 is 9.59 Å². The zero-order valence-corrected chi connectivity index (χ0v) is 15.3.